The highest BCUT2D eigenvalue weighted by atomic mass is 79.9. The van der Waals surface area contributed by atoms with Crippen LogP contribution in [-0.4, -0.2) is 16.6 Å². The lowest BCUT2D eigenvalue weighted by atomic mass is 10.0. The summed E-state index contributed by atoms with van der Waals surface area (Å²) in [6.45, 7) is 2.86. The molecule has 3 aromatic rings. The van der Waals surface area contributed by atoms with Crippen LogP contribution in [-0.2, 0) is 0 Å². The number of benzene rings is 3. The Labute approximate surface area is 272 Å². The van der Waals surface area contributed by atoms with Crippen LogP contribution in [0.25, 0.3) is 10.8 Å². The van der Waals surface area contributed by atoms with Crippen molar-refractivity contribution in [1.29, 1.82) is 0 Å². The normalized spacial score (nSPS) is 11.5. The van der Waals surface area contributed by atoms with Crippen LogP contribution in [0.3, 0.4) is 0 Å². The van der Waals surface area contributed by atoms with Gasteiger partial charge in [-0.25, -0.2) is 0 Å². The molecule has 1 N–H and O–H groups in total. The van der Waals surface area contributed by atoms with Crippen molar-refractivity contribution >= 4 is 59.7 Å². The second kappa shape index (κ2) is 19.7. The highest BCUT2D eigenvalue weighted by Crippen LogP contribution is 2.42. The monoisotopic (exact) mass is 717 g/mol. The van der Waals surface area contributed by atoms with E-state index < -0.39 is 4.92 Å². The number of hydrogen-bond donors (Lipinski definition) is 1. The summed E-state index contributed by atoms with van der Waals surface area (Å²) in [7, 11) is 0. The van der Waals surface area contributed by atoms with Gasteiger partial charge in [0, 0.05) is 17.5 Å². The van der Waals surface area contributed by atoms with E-state index in [2.05, 4.69) is 49.0 Å². The fourth-order valence-corrected chi connectivity index (χ4v) is 6.55. The number of unbranched alkanes of at least 4 members (excludes halogenated alkanes) is 15. The summed E-state index contributed by atoms with van der Waals surface area (Å²) in [5.41, 5.74) is 0.906. The summed E-state index contributed by atoms with van der Waals surface area (Å²) < 4.78 is 7.06. The first-order valence-corrected chi connectivity index (χ1v) is 17.4. The summed E-state index contributed by atoms with van der Waals surface area (Å²) in [5.74, 6) is 0.782. The molecular formula is C34H45Br2N3O4. The zero-order chi connectivity index (χ0) is 30.9. The first-order chi connectivity index (χ1) is 20.9. The van der Waals surface area contributed by atoms with E-state index in [0.29, 0.717) is 43.4 Å². The first kappa shape index (κ1) is 35.0. The predicted molar refractivity (Wildman–Crippen MR) is 183 cm³/mol. The maximum Gasteiger partial charge on any atom is 0.271 e. The number of nitro groups is 1. The summed E-state index contributed by atoms with van der Waals surface area (Å²) in [6.07, 6.45) is 21.2. The van der Waals surface area contributed by atoms with E-state index in [9.17, 15) is 15.2 Å². The lowest BCUT2D eigenvalue weighted by Gasteiger charge is -2.12. The van der Waals surface area contributed by atoms with Gasteiger partial charge in [-0.15, -0.1) is 10.2 Å². The summed E-state index contributed by atoms with van der Waals surface area (Å²) >= 11 is 6.71. The third kappa shape index (κ3) is 11.8. The number of fused-ring (bicyclic) bond motifs is 1. The first-order valence-electron chi connectivity index (χ1n) is 15.8. The van der Waals surface area contributed by atoms with Crippen molar-refractivity contribution in [3.63, 3.8) is 0 Å². The Kier molecular flexibility index (Phi) is 16.0. The van der Waals surface area contributed by atoms with Gasteiger partial charge in [0.25, 0.3) is 5.69 Å². The van der Waals surface area contributed by atoms with E-state index in [0.717, 1.165) is 12.8 Å². The molecule has 3 aromatic carbocycles. The van der Waals surface area contributed by atoms with Crippen LogP contribution in [0.5, 0.6) is 11.5 Å². The van der Waals surface area contributed by atoms with Gasteiger partial charge < -0.3 is 9.84 Å². The molecule has 0 heterocycles. The number of halogens is 2. The molecule has 0 saturated carbocycles. The molecule has 0 radical (unpaired) electrons. The minimum Gasteiger partial charge on any atom is -0.507 e. The van der Waals surface area contributed by atoms with Gasteiger partial charge in [-0.05, 0) is 56.5 Å². The molecule has 9 heteroatoms. The van der Waals surface area contributed by atoms with E-state index in [4.69, 9.17) is 4.74 Å². The fourth-order valence-electron chi connectivity index (χ4n) is 5.23. The summed E-state index contributed by atoms with van der Waals surface area (Å²) in [5, 5.41) is 31.7. The third-order valence-corrected chi connectivity index (χ3v) is 8.89. The standard InChI is InChI=1S/C34H45Br2N3O4/c1-2-3-4-5-6-7-8-9-10-11-12-13-14-15-16-17-23-43-32-20-18-19-27-31(40)22-21-30(33(27)32)37-38-34-28(35)24-26(39(41)42)25-29(34)36/h18-22,24-25,40H,2-17,23H2,1H3/b38-37+. The fraction of sp³-hybridized carbons (Fsp3) is 0.529. The molecule has 0 amide bonds. The number of phenolic OH excluding ortho intramolecular Hbond substituents is 1. The molecule has 0 aliphatic heterocycles. The minimum absolute atomic E-state index is 0.0578. The summed E-state index contributed by atoms with van der Waals surface area (Å²) in [6, 6.07) is 11.6. The van der Waals surface area contributed by atoms with Crippen molar-refractivity contribution in [2.75, 3.05) is 6.61 Å². The SMILES string of the molecule is CCCCCCCCCCCCCCCCCCOc1cccc2c(O)ccc(/N=N/c3c(Br)cc([N+](=O)[O-])cc3Br)c12. The largest absolute Gasteiger partial charge is 0.507 e. The van der Waals surface area contributed by atoms with Crippen LogP contribution in [0.15, 0.2) is 61.6 Å². The number of nitrogens with zero attached hydrogens (tertiary/aromatic N) is 3. The molecule has 0 aliphatic rings. The molecule has 234 valence electrons. The molecule has 7 nitrogen and oxygen atoms in total. The molecule has 0 aromatic heterocycles. The average Bonchev–Trinajstić information content (AvgIpc) is 2.99. The van der Waals surface area contributed by atoms with Crippen LogP contribution < -0.4 is 4.74 Å². The Balaban J connectivity index is 1.42. The maximum absolute atomic E-state index is 11.1. The molecule has 0 atom stereocenters. The minimum atomic E-state index is -0.465. The Morgan fingerprint density at radius 2 is 1.30 bits per heavy atom. The highest BCUT2D eigenvalue weighted by Gasteiger charge is 2.15. The Hall–Kier alpha value is -2.52. The number of ether oxygens (including phenoxy) is 1. The second-order valence-electron chi connectivity index (χ2n) is 11.1. The van der Waals surface area contributed by atoms with Gasteiger partial charge in [0.05, 0.1) is 31.5 Å². The average molecular weight is 720 g/mol. The molecule has 0 bridgehead atoms. The van der Waals surface area contributed by atoms with Crippen LogP contribution in [0.2, 0.25) is 0 Å². The van der Waals surface area contributed by atoms with E-state index in [1.165, 1.54) is 102 Å². The van der Waals surface area contributed by atoms with Gasteiger partial charge in [0.15, 0.2) is 0 Å². The lowest BCUT2D eigenvalue weighted by Crippen LogP contribution is -1.98. The number of non-ortho nitro benzene ring substituents is 1. The van der Waals surface area contributed by atoms with Crippen molar-refractivity contribution in [2.24, 2.45) is 10.2 Å². The molecule has 0 fully saturated rings. The number of phenols is 1. The zero-order valence-electron chi connectivity index (χ0n) is 25.3. The molecule has 0 saturated heterocycles. The van der Waals surface area contributed by atoms with E-state index in [1.807, 2.05) is 18.2 Å². The van der Waals surface area contributed by atoms with Gasteiger partial charge in [-0.2, -0.15) is 0 Å². The number of rotatable bonds is 21. The van der Waals surface area contributed by atoms with Gasteiger partial charge in [-0.3, -0.25) is 10.1 Å². The van der Waals surface area contributed by atoms with Crippen LogP contribution >= 0.6 is 31.9 Å². The second-order valence-corrected chi connectivity index (χ2v) is 12.9. The third-order valence-electron chi connectivity index (χ3n) is 7.68. The predicted octanol–water partition coefficient (Wildman–Crippen LogP) is 13.0. The molecule has 0 unspecified atom stereocenters. The molecule has 0 aliphatic carbocycles. The Morgan fingerprint density at radius 3 is 1.84 bits per heavy atom. The van der Waals surface area contributed by atoms with Crippen LogP contribution in [0.1, 0.15) is 110 Å². The zero-order valence-corrected chi connectivity index (χ0v) is 28.5. The molecule has 0 spiro atoms. The van der Waals surface area contributed by atoms with Crippen molar-refractivity contribution in [1.82, 2.24) is 0 Å². The number of nitro benzene ring substituents is 1. The maximum atomic E-state index is 11.1. The van der Waals surface area contributed by atoms with Gasteiger partial charge in [0.2, 0.25) is 0 Å². The van der Waals surface area contributed by atoms with Crippen molar-refractivity contribution in [3.05, 3.63) is 61.5 Å². The van der Waals surface area contributed by atoms with Crippen molar-refractivity contribution in [2.45, 2.75) is 110 Å². The quantitative estimate of drug-likeness (QED) is 0.0513. The highest BCUT2D eigenvalue weighted by molar-refractivity contribution is 9.11. The smallest absolute Gasteiger partial charge is 0.271 e. The molecule has 3 rings (SSSR count). The van der Waals surface area contributed by atoms with Crippen LogP contribution in [0.4, 0.5) is 17.1 Å². The van der Waals surface area contributed by atoms with Crippen molar-refractivity contribution < 1.29 is 14.8 Å². The van der Waals surface area contributed by atoms with Gasteiger partial charge in [-0.1, -0.05) is 115 Å². The molecule has 43 heavy (non-hydrogen) atoms. The number of aromatic hydroxyl groups is 1. The summed E-state index contributed by atoms with van der Waals surface area (Å²) in [4.78, 5) is 10.7. The van der Waals surface area contributed by atoms with E-state index >= 15 is 0 Å². The van der Waals surface area contributed by atoms with Gasteiger partial charge >= 0.3 is 0 Å². The van der Waals surface area contributed by atoms with Crippen molar-refractivity contribution in [3.8, 4) is 11.5 Å². The van der Waals surface area contributed by atoms with Crippen LogP contribution in [0, 0.1) is 10.1 Å². The number of azo groups is 1. The van der Waals surface area contributed by atoms with E-state index in [1.54, 1.807) is 12.1 Å². The topological polar surface area (TPSA) is 97.3 Å². The number of hydrogen-bond acceptors (Lipinski definition) is 6. The Bertz CT molecular complexity index is 1310. The molecular weight excluding hydrogens is 674 g/mol. The van der Waals surface area contributed by atoms with Gasteiger partial charge in [0.1, 0.15) is 17.2 Å². The van der Waals surface area contributed by atoms with E-state index in [-0.39, 0.29) is 11.4 Å². The lowest BCUT2D eigenvalue weighted by molar-refractivity contribution is -0.385. The Morgan fingerprint density at radius 1 is 0.767 bits per heavy atom.